The maximum atomic E-state index is 12.7. The average molecular weight is 456 g/mol. The summed E-state index contributed by atoms with van der Waals surface area (Å²) in [5, 5.41) is 21.4. The minimum atomic E-state index is -3.94. The topological polar surface area (TPSA) is 150 Å². The van der Waals surface area contributed by atoms with Crippen LogP contribution in [0.25, 0.3) is 5.69 Å². The van der Waals surface area contributed by atoms with E-state index in [1.807, 2.05) is 6.07 Å². The van der Waals surface area contributed by atoms with Gasteiger partial charge in [0.05, 0.1) is 27.9 Å². The van der Waals surface area contributed by atoms with Crippen molar-refractivity contribution in [2.24, 2.45) is 0 Å². The van der Waals surface area contributed by atoms with E-state index < -0.39 is 20.7 Å². The fourth-order valence-corrected chi connectivity index (χ4v) is 4.95. The van der Waals surface area contributed by atoms with Crippen LogP contribution in [0.2, 0.25) is 0 Å². The highest BCUT2D eigenvalue weighted by Gasteiger charge is 2.23. The number of aromatic nitrogens is 4. The first kappa shape index (κ1) is 20.3. The van der Waals surface area contributed by atoms with Crippen LogP contribution in [0.5, 0.6) is 0 Å². The van der Waals surface area contributed by atoms with Crippen molar-refractivity contribution in [2.75, 3.05) is 5.32 Å². The number of benzene rings is 2. The molecule has 0 fully saturated rings. The monoisotopic (exact) mass is 456 g/mol. The van der Waals surface area contributed by atoms with E-state index in [-0.39, 0.29) is 25.6 Å². The third kappa shape index (κ3) is 4.17. The van der Waals surface area contributed by atoms with Gasteiger partial charge in [-0.2, -0.15) is 9.90 Å². The van der Waals surface area contributed by atoms with Crippen LogP contribution in [0.4, 0.5) is 10.8 Å². The number of para-hydroxylation sites is 1. The fraction of sp³-hybridized carbons (Fsp3) is 0. The molecular formula is C18H12N6O5S2. The molecule has 2 aromatic heterocycles. The number of thiazole rings is 1. The van der Waals surface area contributed by atoms with Crippen molar-refractivity contribution >= 4 is 37.9 Å². The number of non-ortho nitro benzene ring substituents is 1. The molecule has 156 valence electrons. The molecule has 1 N–H and O–H groups in total. The van der Waals surface area contributed by atoms with Crippen LogP contribution in [-0.4, -0.2) is 39.2 Å². The van der Waals surface area contributed by atoms with Crippen LogP contribution in [0.3, 0.4) is 0 Å². The van der Waals surface area contributed by atoms with Gasteiger partial charge in [-0.25, -0.2) is 13.4 Å². The third-order valence-corrected chi connectivity index (χ3v) is 7.18. The van der Waals surface area contributed by atoms with Gasteiger partial charge < -0.3 is 0 Å². The van der Waals surface area contributed by atoms with Gasteiger partial charge >= 0.3 is 0 Å². The number of nitrogens with one attached hydrogen (secondary N) is 1. The Balaban J connectivity index is 1.50. The summed E-state index contributed by atoms with van der Waals surface area (Å²) in [6, 6.07) is 13.5. The van der Waals surface area contributed by atoms with E-state index in [1.165, 1.54) is 11.0 Å². The molecule has 13 heteroatoms. The number of amides is 1. The number of nitro groups is 1. The van der Waals surface area contributed by atoms with E-state index in [0.717, 1.165) is 41.8 Å². The van der Waals surface area contributed by atoms with Crippen LogP contribution >= 0.6 is 11.3 Å². The van der Waals surface area contributed by atoms with E-state index in [9.17, 15) is 23.3 Å². The fourth-order valence-electron chi connectivity index (χ4n) is 2.52. The number of carbonyl (C=O) groups excluding carboxylic acids is 1. The van der Waals surface area contributed by atoms with Gasteiger partial charge in [0.2, 0.25) is 9.84 Å². The zero-order valence-corrected chi connectivity index (χ0v) is 17.1. The summed E-state index contributed by atoms with van der Waals surface area (Å²) in [5.41, 5.74) is 0.478. The molecule has 0 aliphatic carbocycles. The predicted molar refractivity (Wildman–Crippen MR) is 110 cm³/mol. The molecule has 0 saturated carbocycles. The van der Waals surface area contributed by atoms with Gasteiger partial charge in [-0.1, -0.05) is 29.5 Å². The summed E-state index contributed by atoms with van der Waals surface area (Å²) in [4.78, 5) is 27.6. The molecule has 0 spiro atoms. The molecule has 4 rings (SSSR count). The highest BCUT2D eigenvalue weighted by atomic mass is 32.2. The number of nitrogens with zero attached hydrogens (tertiary/aromatic N) is 5. The number of anilines is 1. The van der Waals surface area contributed by atoms with Gasteiger partial charge in [-0.05, 0) is 24.3 Å². The van der Waals surface area contributed by atoms with Crippen LogP contribution < -0.4 is 5.32 Å². The molecule has 0 saturated heterocycles. The second-order valence-electron chi connectivity index (χ2n) is 6.05. The lowest BCUT2D eigenvalue weighted by atomic mass is 10.3. The number of sulfone groups is 1. The first-order valence-electron chi connectivity index (χ1n) is 8.59. The van der Waals surface area contributed by atoms with Crippen LogP contribution in [0, 0.1) is 10.1 Å². The molecule has 0 atom stereocenters. The number of hydrogen-bond donors (Lipinski definition) is 1. The average Bonchev–Trinajstić information content (AvgIpc) is 3.45. The van der Waals surface area contributed by atoms with E-state index in [1.54, 1.807) is 24.3 Å². The molecule has 31 heavy (non-hydrogen) atoms. The van der Waals surface area contributed by atoms with E-state index in [2.05, 4.69) is 20.5 Å². The largest absolute Gasteiger partial charge is 0.296 e. The summed E-state index contributed by atoms with van der Waals surface area (Å²) in [7, 11) is -3.94. The van der Waals surface area contributed by atoms with Crippen LogP contribution in [0.15, 0.2) is 76.1 Å². The Morgan fingerprint density at radius 2 is 1.77 bits per heavy atom. The molecule has 0 aliphatic heterocycles. The number of carbonyl (C=O) groups is 1. The molecule has 2 heterocycles. The summed E-state index contributed by atoms with van der Waals surface area (Å²) in [6.45, 7) is 0. The van der Waals surface area contributed by atoms with Crippen molar-refractivity contribution in [3.05, 3.63) is 82.8 Å². The number of nitro benzene ring substituents is 1. The number of hydrogen-bond acceptors (Lipinski definition) is 9. The molecule has 0 aliphatic rings. The van der Waals surface area contributed by atoms with E-state index in [0.29, 0.717) is 5.69 Å². The summed E-state index contributed by atoms with van der Waals surface area (Å²) in [5.74, 6) is -0.601. The zero-order valence-electron chi connectivity index (χ0n) is 15.4. The molecule has 2 aromatic carbocycles. The van der Waals surface area contributed by atoms with Crippen LogP contribution in [0.1, 0.15) is 10.5 Å². The van der Waals surface area contributed by atoms with Crippen molar-refractivity contribution in [1.29, 1.82) is 0 Å². The molecule has 0 bridgehead atoms. The van der Waals surface area contributed by atoms with E-state index in [4.69, 9.17) is 0 Å². The van der Waals surface area contributed by atoms with Gasteiger partial charge in [-0.3, -0.25) is 20.2 Å². The quantitative estimate of drug-likeness (QED) is 0.344. The smallest absolute Gasteiger partial charge is 0.279 e. The van der Waals surface area contributed by atoms with Crippen LogP contribution in [-0.2, 0) is 9.84 Å². The standard InChI is InChI=1S/C18H12N6O5S2/c25-17(15-10-20-23(22-15)12-4-2-1-3-5-12)21-18-19-11-16(30-18)31(28,29)14-8-6-13(7-9-14)24(26)27/h1-11H,(H,19,21,25). The Morgan fingerprint density at radius 3 is 2.45 bits per heavy atom. The molecular weight excluding hydrogens is 444 g/mol. The van der Waals surface area contributed by atoms with Gasteiger partial charge in [0, 0.05) is 12.1 Å². The predicted octanol–water partition coefficient (Wildman–Crippen LogP) is 2.72. The van der Waals surface area contributed by atoms with Gasteiger partial charge in [-0.15, -0.1) is 5.10 Å². The Bertz CT molecular complexity index is 1360. The van der Waals surface area contributed by atoms with Crippen molar-refractivity contribution in [1.82, 2.24) is 20.0 Å². The molecule has 0 radical (unpaired) electrons. The SMILES string of the molecule is O=C(Nc1ncc(S(=O)(=O)c2ccc([N+](=O)[O-])cc2)s1)c1cnn(-c2ccccc2)n1. The lowest BCUT2D eigenvalue weighted by molar-refractivity contribution is -0.384. The molecule has 11 nitrogen and oxygen atoms in total. The minimum Gasteiger partial charge on any atom is -0.296 e. The Hall–Kier alpha value is -3.97. The first-order chi connectivity index (χ1) is 14.8. The van der Waals surface area contributed by atoms with Crippen molar-refractivity contribution in [3.63, 3.8) is 0 Å². The normalized spacial score (nSPS) is 11.2. The van der Waals surface area contributed by atoms with E-state index >= 15 is 0 Å². The second kappa shape index (κ2) is 8.04. The Kier molecular flexibility index (Phi) is 5.27. The number of rotatable bonds is 6. The lowest BCUT2D eigenvalue weighted by Crippen LogP contribution is -2.13. The minimum absolute atomic E-state index is 0.0267. The lowest BCUT2D eigenvalue weighted by Gasteiger charge is -2.01. The maximum Gasteiger partial charge on any atom is 0.279 e. The van der Waals surface area contributed by atoms with Gasteiger partial charge in [0.1, 0.15) is 4.21 Å². The highest BCUT2D eigenvalue weighted by molar-refractivity contribution is 7.93. The second-order valence-corrected chi connectivity index (χ2v) is 9.25. The highest BCUT2D eigenvalue weighted by Crippen LogP contribution is 2.29. The molecule has 4 aromatic rings. The third-order valence-electron chi connectivity index (χ3n) is 4.04. The van der Waals surface area contributed by atoms with Crippen molar-refractivity contribution in [3.8, 4) is 5.69 Å². The van der Waals surface area contributed by atoms with Crippen molar-refractivity contribution in [2.45, 2.75) is 9.10 Å². The molecule has 1 amide bonds. The Labute approximate surface area is 179 Å². The zero-order chi connectivity index (χ0) is 22.0. The first-order valence-corrected chi connectivity index (χ1v) is 10.9. The van der Waals surface area contributed by atoms with Crippen molar-refractivity contribution < 1.29 is 18.1 Å². The summed E-state index contributed by atoms with van der Waals surface area (Å²) in [6.07, 6.45) is 2.39. The summed E-state index contributed by atoms with van der Waals surface area (Å²) >= 11 is 0.751. The van der Waals surface area contributed by atoms with Gasteiger partial charge in [0.25, 0.3) is 11.6 Å². The maximum absolute atomic E-state index is 12.7. The Morgan fingerprint density at radius 1 is 1.06 bits per heavy atom. The summed E-state index contributed by atoms with van der Waals surface area (Å²) < 4.78 is 25.3. The van der Waals surface area contributed by atoms with Gasteiger partial charge in [0.15, 0.2) is 10.8 Å². The molecule has 0 unspecified atom stereocenters.